The molecule has 0 bridgehead atoms. The molecule has 1 aliphatic carbocycles. The van der Waals surface area contributed by atoms with Crippen molar-refractivity contribution in [3.8, 4) is 11.4 Å². The van der Waals surface area contributed by atoms with Gasteiger partial charge in [-0.3, -0.25) is 0 Å². The van der Waals surface area contributed by atoms with E-state index in [1.807, 2.05) is 0 Å². The Morgan fingerprint density at radius 1 is 1.06 bits per heavy atom. The molecule has 0 unspecified atom stereocenters. The molecule has 1 heterocycles. The molecule has 2 aromatic rings. The Labute approximate surface area is 98.5 Å². The Morgan fingerprint density at radius 3 is 2.59 bits per heavy atom. The van der Waals surface area contributed by atoms with Crippen molar-refractivity contribution in [2.45, 2.75) is 19.3 Å². The Kier molecular flexibility index (Phi) is 2.28. The molecule has 0 aliphatic heterocycles. The number of benzene rings is 1. The van der Waals surface area contributed by atoms with Crippen LogP contribution in [-0.2, 0) is 12.8 Å². The fourth-order valence-corrected chi connectivity index (χ4v) is 2.19. The van der Waals surface area contributed by atoms with Gasteiger partial charge in [0.05, 0.1) is 0 Å². The van der Waals surface area contributed by atoms with E-state index in [0.717, 1.165) is 36.1 Å². The molecule has 0 saturated heterocycles. The summed E-state index contributed by atoms with van der Waals surface area (Å²) in [5, 5.41) is 0. The van der Waals surface area contributed by atoms with E-state index in [-0.39, 0.29) is 5.82 Å². The fraction of sp³-hybridized carbons (Fsp3) is 0.231. The van der Waals surface area contributed by atoms with Gasteiger partial charge in [0.15, 0.2) is 5.82 Å². The van der Waals surface area contributed by atoms with Gasteiger partial charge in [-0.25, -0.2) is 14.4 Å². The van der Waals surface area contributed by atoms with Crippen LogP contribution in [0.2, 0.25) is 0 Å². The van der Waals surface area contributed by atoms with Gasteiger partial charge in [-0.05, 0) is 43.5 Å². The molecule has 0 amide bonds. The predicted octanol–water partition coefficient (Wildman–Crippen LogP) is 2.35. The lowest BCUT2D eigenvalue weighted by Gasteiger charge is -2.06. The summed E-state index contributed by atoms with van der Waals surface area (Å²) < 4.78 is 12.8. The summed E-state index contributed by atoms with van der Waals surface area (Å²) in [7, 11) is 0. The summed E-state index contributed by atoms with van der Waals surface area (Å²) in [6.07, 6.45) is 3.00. The Morgan fingerprint density at radius 2 is 1.82 bits per heavy atom. The lowest BCUT2D eigenvalue weighted by Crippen LogP contribution is -2.02. The SMILES string of the molecule is Nc1nc(-c2ccc(F)cc2)nc2c1CCC2. The number of hydrogen-bond acceptors (Lipinski definition) is 3. The standard InChI is InChI=1S/C13H12FN3/c14-9-6-4-8(5-7-9)13-16-11-3-1-2-10(11)12(15)17-13/h4-7H,1-3H2,(H2,15,16,17). The molecule has 1 aromatic carbocycles. The van der Waals surface area contributed by atoms with Gasteiger partial charge in [-0.1, -0.05) is 0 Å². The zero-order valence-electron chi connectivity index (χ0n) is 9.28. The number of nitrogen functional groups attached to an aromatic ring is 1. The van der Waals surface area contributed by atoms with E-state index >= 15 is 0 Å². The first kappa shape index (κ1) is 10.2. The highest BCUT2D eigenvalue weighted by Gasteiger charge is 2.18. The van der Waals surface area contributed by atoms with Gasteiger partial charge in [-0.2, -0.15) is 0 Å². The second-order valence-electron chi connectivity index (χ2n) is 4.22. The van der Waals surface area contributed by atoms with E-state index in [1.165, 1.54) is 12.1 Å². The van der Waals surface area contributed by atoms with Crippen LogP contribution in [0.25, 0.3) is 11.4 Å². The normalized spacial score (nSPS) is 13.7. The van der Waals surface area contributed by atoms with E-state index in [4.69, 9.17) is 5.73 Å². The van der Waals surface area contributed by atoms with Crippen LogP contribution in [-0.4, -0.2) is 9.97 Å². The molecule has 0 atom stereocenters. The third kappa shape index (κ3) is 1.75. The van der Waals surface area contributed by atoms with Crippen molar-refractivity contribution in [1.82, 2.24) is 9.97 Å². The van der Waals surface area contributed by atoms with Crippen molar-refractivity contribution >= 4 is 5.82 Å². The monoisotopic (exact) mass is 229 g/mol. The number of fused-ring (bicyclic) bond motifs is 1. The summed E-state index contributed by atoms with van der Waals surface area (Å²) in [5.41, 5.74) is 8.83. The summed E-state index contributed by atoms with van der Waals surface area (Å²) in [4.78, 5) is 8.79. The molecule has 0 saturated carbocycles. The lowest BCUT2D eigenvalue weighted by molar-refractivity contribution is 0.628. The predicted molar refractivity (Wildman–Crippen MR) is 63.9 cm³/mol. The van der Waals surface area contributed by atoms with Crippen molar-refractivity contribution < 1.29 is 4.39 Å². The molecule has 3 nitrogen and oxygen atoms in total. The molecular weight excluding hydrogens is 217 g/mol. The Bertz CT molecular complexity index is 564. The van der Waals surface area contributed by atoms with Gasteiger partial charge in [0, 0.05) is 16.8 Å². The zero-order chi connectivity index (χ0) is 11.8. The summed E-state index contributed by atoms with van der Waals surface area (Å²) in [6.45, 7) is 0. The highest BCUT2D eigenvalue weighted by molar-refractivity contribution is 5.59. The van der Waals surface area contributed by atoms with Gasteiger partial charge < -0.3 is 5.73 Å². The minimum Gasteiger partial charge on any atom is -0.383 e. The van der Waals surface area contributed by atoms with Crippen LogP contribution in [0, 0.1) is 5.82 Å². The molecule has 3 rings (SSSR count). The van der Waals surface area contributed by atoms with Crippen LogP contribution < -0.4 is 5.73 Å². The molecular formula is C13H12FN3. The molecule has 0 fully saturated rings. The van der Waals surface area contributed by atoms with E-state index in [9.17, 15) is 4.39 Å². The minimum absolute atomic E-state index is 0.261. The first-order chi connectivity index (χ1) is 8.24. The maximum Gasteiger partial charge on any atom is 0.161 e. The Hall–Kier alpha value is -1.97. The number of halogens is 1. The van der Waals surface area contributed by atoms with E-state index in [2.05, 4.69) is 9.97 Å². The van der Waals surface area contributed by atoms with Crippen molar-refractivity contribution in [2.24, 2.45) is 0 Å². The summed E-state index contributed by atoms with van der Waals surface area (Å²) >= 11 is 0. The van der Waals surface area contributed by atoms with Crippen LogP contribution in [0.4, 0.5) is 10.2 Å². The number of rotatable bonds is 1. The second kappa shape index (κ2) is 3.80. The van der Waals surface area contributed by atoms with Gasteiger partial charge in [0.2, 0.25) is 0 Å². The summed E-state index contributed by atoms with van der Waals surface area (Å²) in [6, 6.07) is 6.15. The maximum absolute atomic E-state index is 12.8. The summed E-state index contributed by atoms with van der Waals surface area (Å²) in [5.74, 6) is 0.887. The highest BCUT2D eigenvalue weighted by atomic mass is 19.1. The second-order valence-corrected chi connectivity index (χ2v) is 4.22. The topological polar surface area (TPSA) is 51.8 Å². The van der Waals surface area contributed by atoms with Crippen LogP contribution >= 0.6 is 0 Å². The van der Waals surface area contributed by atoms with Gasteiger partial charge in [0.1, 0.15) is 11.6 Å². The average Bonchev–Trinajstić information content (AvgIpc) is 2.78. The highest BCUT2D eigenvalue weighted by Crippen LogP contribution is 2.27. The number of nitrogens with zero attached hydrogens (tertiary/aromatic N) is 2. The quantitative estimate of drug-likeness (QED) is 0.816. The fourth-order valence-electron chi connectivity index (χ4n) is 2.19. The van der Waals surface area contributed by atoms with Gasteiger partial charge in [0.25, 0.3) is 0 Å². The number of anilines is 1. The number of hydrogen-bond donors (Lipinski definition) is 1. The van der Waals surface area contributed by atoms with E-state index in [0.29, 0.717) is 11.6 Å². The van der Waals surface area contributed by atoms with Gasteiger partial charge in [-0.15, -0.1) is 0 Å². The van der Waals surface area contributed by atoms with Crippen LogP contribution in [0.3, 0.4) is 0 Å². The van der Waals surface area contributed by atoms with Gasteiger partial charge >= 0.3 is 0 Å². The molecule has 4 heteroatoms. The maximum atomic E-state index is 12.8. The average molecular weight is 229 g/mol. The minimum atomic E-state index is -0.261. The third-order valence-corrected chi connectivity index (χ3v) is 3.07. The first-order valence-electron chi connectivity index (χ1n) is 5.65. The first-order valence-corrected chi connectivity index (χ1v) is 5.65. The van der Waals surface area contributed by atoms with Crippen molar-refractivity contribution in [1.29, 1.82) is 0 Å². The van der Waals surface area contributed by atoms with Crippen molar-refractivity contribution in [3.05, 3.63) is 41.3 Å². The number of nitrogens with two attached hydrogens (primary N) is 1. The number of aryl methyl sites for hydroxylation is 1. The number of aromatic nitrogens is 2. The van der Waals surface area contributed by atoms with E-state index < -0.39 is 0 Å². The molecule has 0 spiro atoms. The Balaban J connectivity index is 2.10. The smallest absolute Gasteiger partial charge is 0.161 e. The molecule has 86 valence electrons. The molecule has 1 aliphatic rings. The lowest BCUT2D eigenvalue weighted by atomic mass is 10.2. The van der Waals surface area contributed by atoms with Crippen molar-refractivity contribution in [3.63, 3.8) is 0 Å². The molecule has 2 N–H and O–H groups in total. The van der Waals surface area contributed by atoms with E-state index in [1.54, 1.807) is 12.1 Å². The van der Waals surface area contributed by atoms with Crippen LogP contribution in [0.15, 0.2) is 24.3 Å². The largest absolute Gasteiger partial charge is 0.383 e. The zero-order valence-corrected chi connectivity index (χ0v) is 9.28. The van der Waals surface area contributed by atoms with Crippen molar-refractivity contribution in [2.75, 3.05) is 5.73 Å². The molecule has 17 heavy (non-hydrogen) atoms. The third-order valence-electron chi connectivity index (χ3n) is 3.07. The molecule has 0 radical (unpaired) electrons. The van der Waals surface area contributed by atoms with Crippen LogP contribution in [0.5, 0.6) is 0 Å². The van der Waals surface area contributed by atoms with Crippen LogP contribution in [0.1, 0.15) is 17.7 Å². The molecule has 1 aromatic heterocycles.